The Morgan fingerprint density at radius 3 is 3.00 bits per heavy atom. The van der Waals surface area contributed by atoms with E-state index in [0.29, 0.717) is 11.3 Å². The van der Waals surface area contributed by atoms with Gasteiger partial charge in [-0.15, -0.1) is 0 Å². The summed E-state index contributed by atoms with van der Waals surface area (Å²) < 4.78 is 5.42. The zero-order valence-electron chi connectivity index (χ0n) is 16.3. The molecule has 3 aromatic heterocycles. The number of rotatable bonds is 3. The molecule has 0 radical (unpaired) electrons. The van der Waals surface area contributed by atoms with Crippen LogP contribution in [0.1, 0.15) is 47.0 Å². The molecule has 7 heteroatoms. The minimum Gasteiger partial charge on any atom is -0.442 e. The van der Waals surface area contributed by atoms with Crippen LogP contribution in [0.4, 0.5) is 5.69 Å². The van der Waals surface area contributed by atoms with Crippen LogP contribution in [0.5, 0.6) is 0 Å². The molecule has 0 spiro atoms. The number of aryl methyl sites for hydroxylation is 1. The van der Waals surface area contributed by atoms with Gasteiger partial charge in [0.25, 0.3) is 0 Å². The number of pyridine rings is 1. The van der Waals surface area contributed by atoms with Crippen molar-refractivity contribution >= 4 is 16.6 Å². The largest absolute Gasteiger partial charge is 0.442 e. The minimum atomic E-state index is 0.113. The molecule has 144 valence electrons. The van der Waals surface area contributed by atoms with E-state index in [1.165, 1.54) is 12.0 Å². The zero-order chi connectivity index (χ0) is 20.0. The first-order chi connectivity index (χ1) is 14.2. The number of aromatic amines is 1. The van der Waals surface area contributed by atoms with E-state index >= 15 is 0 Å². The van der Waals surface area contributed by atoms with Crippen molar-refractivity contribution in [2.75, 3.05) is 5.32 Å². The molecule has 1 aliphatic carbocycles. The van der Waals surface area contributed by atoms with Crippen LogP contribution < -0.4 is 5.32 Å². The maximum Gasteiger partial charge on any atom is 0.181 e. The van der Waals surface area contributed by atoms with Gasteiger partial charge in [-0.05, 0) is 62.4 Å². The SMILES string of the molecule is Cc1nc2c(c(C)c1C#N)CCCC2Nc1ccc2[nH]nc(-c3cnco3)c2c1. The lowest BCUT2D eigenvalue weighted by Gasteiger charge is -2.28. The van der Waals surface area contributed by atoms with Crippen molar-refractivity contribution in [1.82, 2.24) is 20.2 Å². The third kappa shape index (κ3) is 2.85. The van der Waals surface area contributed by atoms with E-state index in [4.69, 9.17) is 9.40 Å². The fourth-order valence-electron chi connectivity index (χ4n) is 4.27. The molecular formula is C22H20N6O. The highest BCUT2D eigenvalue weighted by Gasteiger charge is 2.25. The zero-order valence-corrected chi connectivity index (χ0v) is 16.3. The number of nitriles is 1. The van der Waals surface area contributed by atoms with Crippen LogP contribution in [-0.2, 0) is 6.42 Å². The molecular weight excluding hydrogens is 364 g/mol. The Balaban J connectivity index is 1.53. The van der Waals surface area contributed by atoms with E-state index in [0.717, 1.165) is 58.5 Å². The van der Waals surface area contributed by atoms with E-state index < -0.39 is 0 Å². The van der Waals surface area contributed by atoms with Crippen molar-refractivity contribution in [3.63, 3.8) is 0 Å². The van der Waals surface area contributed by atoms with Gasteiger partial charge in [0.2, 0.25) is 0 Å². The Bertz CT molecular complexity index is 1250. The summed E-state index contributed by atoms with van der Waals surface area (Å²) in [6, 6.07) is 8.55. The molecule has 0 amide bonds. The number of nitrogens with zero attached hydrogens (tertiary/aromatic N) is 4. The average Bonchev–Trinajstić information content (AvgIpc) is 3.38. The first kappa shape index (κ1) is 17.4. The lowest BCUT2D eigenvalue weighted by atomic mass is 9.86. The smallest absolute Gasteiger partial charge is 0.181 e. The summed E-state index contributed by atoms with van der Waals surface area (Å²) in [6.07, 6.45) is 6.11. The Hall–Kier alpha value is -3.66. The van der Waals surface area contributed by atoms with E-state index in [1.54, 1.807) is 6.20 Å². The molecule has 0 saturated heterocycles. The lowest BCUT2D eigenvalue weighted by molar-refractivity contribution is 0.570. The van der Waals surface area contributed by atoms with Crippen molar-refractivity contribution in [2.24, 2.45) is 0 Å². The van der Waals surface area contributed by atoms with Gasteiger partial charge in [-0.3, -0.25) is 10.1 Å². The first-order valence-electron chi connectivity index (χ1n) is 9.69. The van der Waals surface area contributed by atoms with Crippen molar-refractivity contribution in [2.45, 2.75) is 39.2 Å². The highest BCUT2D eigenvalue weighted by atomic mass is 16.3. The molecule has 1 aromatic carbocycles. The van der Waals surface area contributed by atoms with Crippen molar-refractivity contribution in [1.29, 1.82) is 5.26 Å². The maximum absolute atomic E-state index is 9.46. The molecule has 7 nitrogen and oxygen atoms in total. The summed E-state index contributed by atoms with van der Waals surface area (Å²) >= 11 is 0. The summed E-state index contributed by atoms with van der Waals surface area (Å²) in [4.78, 5) is 8.80. The number of fused-ring (bicyclic) bond motifs is 2. The van der Waals surface area contributed by atoms with Gasteiger partial charge < -0.3 is 9.73 Å². The second kappa shape index (κ2) is 6.74. The van der Waals surface area contributed by atoms with Crippen LogP contribution in [0.15, 0.2) is 35.2 Å². The molecule has 1 atom stereocenters. The Kier molecular flexibility index (Phi) is 4.06. The van der Waals surface area contributed by atoms with Gasteiger partial charge in [0.15, 0.2) is 12.2 Å². The Labute approximate surface area is 167 Å². The van der Waals surface area contributed by atoms with Crippen LogP contribution in [-0.4, -0.2) is 20.2 Å². The third-order valence-corrected chi connectivity index (χ3v) is 5.72. The standard InChI is InChI=1S/C22H20N6O/c1-12-15-4-3-5-19(21(15)25-13(2)17(12)9-23)26-14-6-7-18-16(8-14)22(28-27-18)20-10-24-11-29-20/h6-8,10-11,19,26H,3-5H2,1-2H3,(H,27,28). The molecule has 3 heterocycles. The van der Waals surface area contributed by atoms with Gasteiger partial charge in [0, 0.05) is 11.1 Å². The van der Waals surface area contributed by atoms with Crippen molar-refractivity contribution < 1.29 is 4.42 Å². The van der Waals surface area contributed by atoms with E-state index in [2.05, 4.69) is 32.6 Å². The van der Waals surface area contributed by atoms with E-state index in [1.807, 2.05) is 26.0 Å². The number of benzene rings is 1. The quantitative estimate of drug-likeness (QED) is 0.535. The number of hydrogen-bond acceptors (Lipinski definition) is 6. The summed E-state index contributed by atoms with van der Waals surface area (Å²) in [6.45, 7) is 3.95. The molecule has 1 unspecified atom stereocenters. The van der Waals surface area contributed by atoms with E-state index in [-0.39, 0.29) is 6.04 Å². The van der Waals surface area contributed by atoms with Gasteiger partial charge in [0.05, 0.1) is 34.7 Å². The van der Waals surface area contributed by atoms with Crippen LogP contribution >= 0.6 is 0 Å². The topological polar surface area (TPSA) is 103 Å². The number of hydrogen-bond donors (Lipinski definition) is 2. The van der Waals surface area contributed by atoms with Gasteiger partial charge in [-0.1, -0.05) is 0 Å². The molecule has 5 rings (SSSR count). The first-order valence-corrected chi connectivity index (χ1v) is 9.69. The summed E-state index contributed by atoms with van der Waals surface area (Å²) in [5, 5.41) is 21.5. The molecule has 2 N–H and O–H groups in total. The number of aromatic nitrogens is 4. The summed E-state index contributed by atoms with van der Waals surface area (Å²) in [5.41, 5.74) is 7.54. The average molecular weight is 384 g/mol. The van der Waals surface area contributed by atoms with Crippen LogP contribution in [0.25, 0.3) is 22.4 Å². The molecule has 29 heavy (non-hydrogen) atoms. The molecule has 0 fully saturated rings. The van der Waals surface area contributed by atoms with Crippen molar-refractivity contribution in [3.05, 3.63) is 58.9 Å². The maximum atomic E-state index is 9.46. The fourth-order valence-corrected chi connectivity index (χ4v) is 4.27. The monoisotopic (exact) mass is 384 g/mol. The number of nitrogens with one attached hydrogen (secondary N) is 2. The van der Waals surface area contributed by atoms with Crippen molar-refractivity contribution in [3.8, 4) is 17.5 Å². The number of H-pyrrole nitrogens is 1. The van der Waals surface area contributed by atoms with E-state index in [9.17, 15) is 5.26 Å². The van der Waals surface area contributed by atoms with Crippen LogP contribution in [0.2, 0.25) is 0 Å². The van der Waals surface area contributed by atoms with Gasteiger partial charge >= 0.3 is 0 Å². The predicted octanol–water partition coefficient (Wildman–Crippen LogP) is 4.59. The third-order valence-electron chi connectivity index (χ3n) is 5.72. The summed E-state index contributed by atoms with van der Waals surface area (Å²) in [5.74, 6) is 0.633. The Morgan fingerprint density at radius 2 is 2.21 bits per heavy atom. The fraction of sp³-hybridized carbons (Fsp3) is 0.273. The second-order valence-electron chi connectivity index (χ2n) is 7.46. The van der Waals surface area contributed by atoms with Crippen LogP contribution in [0, 0.1) is 25.2 Å². The highest BCUT2D eigenvalue weighted by Crippen LogP contribution is 2.36. The Morgan fingerprint density at radius 1 is 1.31 bits per heavy atom. The molecule has 0 bridgehead atoms. The minimum absolute atomic E-state index is 0.113. The van der Waals surface area contributed by atoms with Crippen LogP contribution in [0.3, 0.4) is 0 Å². The normalized spacial score (nSPS) is 15.8. The second-order valence-corrected chi connectivity index (χ2v) is 7.46. The lowest BCUT2D eigenvalue weighted by Crippen LogP contribution is -2.21. The highest BCUT2D eigenvalue weighted by molar-refractivity contribution is 5.93. The van der Waals surface area contributed by atoms with Gasteiger partial charge in [0.1, 0.15) is 11.8 Å². The molecule has 4 aromatic rings. The number of oxazole rings is 1. The molecule has 0 aliphatic heterocycles. The predicted molar refractivity (Wildman–Crippen MR) is 109 cm³/mol. The molecule has 1 aliphatic rings. The van der Waals surface area contributed by atoms with Gasteiger partial charge in [-0.25, -0.2) is 4.98 Å². The summed E-state index contributed by atoms with van der Waals surface area (Å²) in [7, 11) is 0. The molecule has 0 saturated carbocycles. The van der Waals surface area contributed by atoms with Gasteiger partial charge in [-0.2, -0.15) is 10.4 Å². The number of anilines is 1.